The molecule has 0 N–H and O–H groups in total. The average Bonchev–Trinajstić information content (AvgIpc) is 2.36. The normalized spacial score (nSPS) is 14.3. The molecule has 0 heterocycles. The Balaban J connectivity index is 5.09. The Bertz CT molecular complexity index is 316. The Morgan fingerprint density at radius 3 is 1.30 bits per heavy atom. The van der Waals surface area contributed by atoms with Crippen molar-refractivity contribution in [3.63, 3.8) is 0 Å². The third kappa shape index (κ3) is 5.87. The van der Waals surface area contributed by atoms with Crippen LogP contribution in [-0.2, 0) is 13.3 Å². The number of halogens is 7. The fourth-order valence-electron chi connectivity index (χ4n) is 1.99. The van der Waals surface area contributed by atoms with Crippen molar-refractivity contribution in [2.45, 2.75) is 57.7 Å². The molecule has 0 aliphatic heterocycles. The van der Waals surface area contributed by atoms with Gasteiger partial charge in [0, 0.05) is 25.9 Å². The summed E-state index contributed by atoms with van der Waals surface area (Å²) in [5.41, 5.74) is -5.26. The van der Waals surface area contributed by atoms with Crippen molar-refractivity contribution in [2.24, 2.45) is 0 Å². The van der Waals surface area contributed by atoms with Crippen molar-refractivity contribution in [2.75, 3.05) is 19.8 Å². The molecular weight excluding hydrogens is 353 g/mol. The topological polar surface area (TPSA) is 27.7 Å². The highest BCUT2D eigenvalue weighted by Gasteiger charge is 2.71. The van der Waals surface area contributed by atoms with Gasteiger partial charge in [0.1, 0.15) is 0 Å². The second-order valence-corrected chi connectivity index (χ2v) is 7.36. The van der Waals surface area contributed by atoms with Crippen LogP contribution in [-0.4, -0.2) is 46.6 Å². The lowest BCUT2D eigenvalue weighted by Gasteiger charge is -2.32. The number of alkyl halides is 7. The molecule has 0 rings (SSSR count). The van der Waals surface area contributed by atoms with Crippen molar-refractivity contribution in [3.8, 4) is 0 Å². The molecule has 0 atom stereocenters. The zero-order valence-electron chi connectivity index (χ0n) is 13.1. The maximum atomic E-state index is 13.6. The molecule has 11 heteroatoms. The largest absolute Gasteiger partial charge is 0.500 e. The molecule has 0 aromatic carbocycles. The van der Waals surface area contributed by atoms with E-state index in [-0.39, 0.29) is 25.9 Å². The molecule has 3 nitrogen and oxygen atoms in total. The standard InChI is InChI=1S/C12H21F7O3Si/c1-4-20-23(21-5-2,22-6-3)9-7-8-10(13,11(14,15)16)12(17,18)19/h4-9H2,1-3H3. The second kappa shape index (κ2) is 8.63. The average molecular weight is 374 g/mol. The number of rotatable bonds is 10. The molecule has 140 valence electrons. The van der Waals surface area contributed by atoms with Gasteiger partial charge in [-0.2, -0.15) is 26.3 Å². The van der Waals surface area contributed by atoms with E-state index in [4.69, 9.17) is 13.3 Å². The lowest BCUT2D eigenvalue weighted by Crippen LogP contribution is -2.53. The molecule has 0 saturated carbocycles. The first-order chi connectivity index (χ1) is 10.4. The Hall–Kier alpha value is -0.393. The summed E-state index contributed by atoms with van der Waals surface area (Å²) in [5, 5.41) is 0. The molecule has 0 saturated heterocycles. The molecule has 0 unspecified atom stereocenters. The molecule has 0 aromatic rings. The Labute approximate surface area is 131 Å². The van der Waals surface area contributed by atoms with Crippen molar-refractivity contribution in [3.05, 3.63) is 0 Å². The summed E-state index contributed by atoms with van der Waals surface area (Å²) in [4.78, 5) is 0. The quantitative estimate of drug-likeness (QED) is 0.412. The summed E-state index contributed by atoms with van der Waals surface area (Å²) in [5.74, 6) is 0. The molecule has 0 spiro atoms. The van der Waals surface area contributed by atoms with Crippen LogP contribution < -0.4 is 0 Å². The molecule has 0 amide bonds. The van der Waals surface area contributed by atoms with E-state index in [1.54, 1.807) is 20.8 Å². The highest BCUT2D eigenvalue weighted by atomic mass is 28.4. The van der Waals surface area contributed by atoms with Gasteiger partial charge in [0.25, 0.3) is 5.67 Å². The Morgan fingerprint density at radius 1 is 0.696 bits per heavy atom. The van der Waals surface area contributed by atoms with E-state index in [2.05, 4.69) is 0 Å². The van der Waals surface area contributed by atoms with Gasteiger partial charge in [-0.3, -0.25) is 0 Å². The van der Waals surface area contributed by atoms with Crippen LogP contribution in [0.5, 0.6) is 0 Å². The molecule has 23 heavy (non-hydrogen) atoms. The first-order valence-corrected chi connectivity index (χ1v) is 9.06. The van der Waals surface area contributed by atoms with E-state index in [0.29, 0.717) is 0 Å². The van der Waals surface area contributed by atoms with Gasteiger partial charge < -0.3 is 13.3 Å². The molecule has 0 aliphatic carbocycles. The van der Waals surface area contributed by atoms with Crippen LogP contribution in [0, 0.1) is 0 Å². The summed E-state index contributed by atoms with van der Waals surface area (Å²) in [6, 6.07) is -0.333. The summed E-state index contributed by atoms with van der Waals surface area (Å²) in [7, 11) is -3.41. The van der Waals surface area contributed by atoms with E-state index in [9.17, 15) is 30.7 Å². The molecule has 0 aliphatic rings. The highest BCUT2D eigenvalue weighted by Crippen LogP contribution is 2.49. The maximum Gasteiger partial charge on any atom is 0.500 e. The maximum absolute atomic E-state index is 13.6. The lowest BCUT2D eigenvalue weighted by atomic mass is 9.99. The van der Waals surface area contributed by atoms with Crippen molar-refractivity contribution < 1.29 is 44.0 Å². The van der Waals surface area contributed by atoms with E-state index in [1.165, 1.54) is 0 Å². The van der Waals surface area contributed by atoms with Crippen molar-refractivity contribution >= 4 is 8.80 Å². The van der Waals surface area contributed by atoms with Crippen LogP contribution >= 0.6 is 0 Å². The van der Waals surface area contributed by atoms with Crippen LogP contribution in [0.1, 0.15) is 33.6 Å². The Morgan fingerprint density at radius 2 is 1.04 bits per heavy atom. The first-order valence-electron chi connectivity index (χ1n) is 7.13. The van der Waals surface area contributed by atoms with Crippen LogP contribution in [0.3, 0.4) is 0 Å². The smallest absolute Gasteiger partial charge is 0.374 e. The van der Waals surface area contributed by atoms with Crippen molar-refractivity contribution in [1.29, 1.82) is 0 Å². The molecule has 0 radical (unpaired) electrons. The van der Waals surface area contributed by atoms with Crippen LogP contribution in [0.25, 0.3) is 0 Å². The van der Waals surface area contributed by atoms with E-state index >= 15 is 0 Å². The second-order valence-electron chi connectivity index (χ2n) is 4.63. The minimum Gasteiger partial charge on any atom is -0.374 e. The monoisotopic (exact) mass is 374 g/mol. The summed E-state index contributed by atoms with van der Waals surface area (Å²) in [6.45, 7) is 5.11. The number of hydrogen-bond acceptors (Lipinski definition) is 3. The van der Waals surface area contributed by atoms with Gasteiger partial charge in [0.2, 0.25) is 0 Å². The number of hydrogen-bond donors (Lipinski definition) is 0. The highest BCUT2D eigenvalue weighted by molar-refractivity contribution is 6.60. The van der Waals surface area contributed by atoms with Gasteiger partial charge in [-0.15, -0.1) is 0 Å². The van der Waals surface area contributed by atoms with Gasteiger partial charge >= 0.3 is 21.2 Å². The SMILES string of the molecule is CCO[Si](CCCC(F)(C(F)(F)F)C(F)(F)F)(OCC)OCC. The Kier molecular flexibility index (Phi) is 8.48. The summed E-state index contributed by atoms with van der Waals surface area (Å²) < 4.78 is 104. The minimum atomic E-state index is -6.04. The minimum absolute atomic E-state index is 0.117. The van der Waals surface area contributed by atoms with Gasteiger partial charge in [-0.05, 0) is 33.6 Å². The van der Waals surface area contributed by atoms with E-state index < -0.39 is 39.7 Å². The van der Waals surface area contributed by atoms with Crippen molar-refractivity contribution in [1.82, 2.24) is 0 Å². The first kappa shape index (κ1) is 22.6. The zero-order valence-corrected chi connectivity index (χ0v) is 14.1. The molecule has 0 fully saturated rings. The van der Waals surface area contributed by atoms with Crippen LogP contribution in [0.15, 0.2) is 0 Å². The van der Waals surface area contributed by atoms with Crippen LogP contribution in [0.2, 0.25) is 6.04 Å². The predicted molar refractivity (Wildman–Crippen MR) is 70.6 cm³/mol. The van der Waals surface area contributed by atoms with E-state index in [0.717, 1.165) is 0 Å². The zero-order chi connectivity index (χ0) is 18.4. The van der Waals surface area contributed by atoms with Gasteiger partial charge in [0.05, 0.1) is 0 Å². The van der Waals surface area contributed by atoms with Crippen LogP contribution in [0.4, 0.5) is 30.7 Å². The van der Waals surface area contributed by atoms with Gasteiger partial charge in [0.15, 0.2) is 0 Å². The molecule has 0 aromatic heterocycles. The van der Waals surface area contributed by atoms with E-state index in [1.807, 2.05) is 0 Å². The summed E-state index contributed by atoms with van der Waals surface area (Å²) >= 11 is 0. The fourth-order valence-corrected chi connectivity index (χ4v) is 4.61. The lowest BCUT2D eigenvalue weighted by molar-refractivity contribution is -0.343. The predicted octanol–water partition coefficient (Wildman–Crippen LogP) is 4.65. The third-order valence-electron chi connectivity index (χ3n) is 3.00. The van der Waals surface area contributed by atoms with Gasteiger partial charge in [-0.1, -0.05) is 0 Å². The molecule has 0 bridgehead atoms. The summed E-state index contributed by atoms with van der Waals surface area (Å²) in [6.07, 6.45) is -14.6. The fraction of sp³-hybridized carbons (Fsp3) is 1.00. The van der Waals surface area contributed by atoms with Gasteiger partial charge in [-0.25, -0.2) is 4.39 Å². The molecular formula is C12H21F7O3Si. The third-order valence-corrected chi connectivity index (χ3v) is 6.15.